The minimum Gasteiger partial charge on any atom is -0.324 e. The van der Waals surface area contributed by atoms with Crippen LogP contribution in [0.15, 0.2) is 60.8 Å². The largest absolute Gasteiger partial charge is 0.324 e. The van der Waals surface area contributed by atoms with Crippen molar-refractivity contribution in [1.29, 1.82) is 0 Å². The predicted octanol–water partition coefficient (Wildman–Crippen LogP) is 3.79. The van der Waals surface area contributed by atoms with Gasteiger partial charge in [-0.25, -0.2) is 0 Å². The average molecular weight is 262 g/mol. The number of pyridine rings is 1. The van der Waals surface area contributed by atoms with Crippen LogP contribution in [-0.2, 0) is 6.42 Å². The van der Waals surface area contributed by atoms with E-state index in [1.165, 1.54) is 11.1 Å². The lowest BCUT2D eigenvalue weighted by molar-refractivity contribution is 0.728. The summed E-state index contributed by atoms with van der Waals surface area (Å²) in [5.41, 5.74) is 11.1. The lowest BCUT2D eigenvalue weighted by atomic mass is 9.96. The summed E-state index contributed by atoms with van der Waals surface area (Å²) >= 11 is 0. The van der Waals surface area contributed by atoms with Crippen LogP contribution in [0, 0.1) is 6.92 Å². The van der Waals surface area contributed by atoms with E-state index < -0.39 is 0 Å². The van der Waals surface area contributed by atoms with E-state index in [4.69, 9.17) is 5.73 Å². The highest BCUT2D eigenvalue weighted by Gasteiger charge is 2.10. The maximum absolute atomic E-state index is 6.40. The number of rotatable bonds is 3. The lowest BCUT2D eigenvalue weighted by Crippen LogP contribution is -2.13. The standard InChI is InChI=1S/C18H18N2/c1-13-7-9-14(10-8-13)12-17(19)15-4-2-6-18-16(15)5-3-11-20-18/h2-11,17H,12,19H2,1H3. The van der Waals surface area contributed by atoms with Gasteiger partial charge in [-0.3, -0.25) is 4.98 Å². The van der Waals surface area contributed by atoms with Crippen LogP contribution in [0.2, 0.25) is 0 Å². The van der Waals surface area contributed by atoms with Gasteiger partial charge in [0, 0.05) is 17.6 Å². The third-order valence-corrected chi connectivity index (χ3v) is 3.66. The average Bonchev–Trinajstić information content (AvgIpc) is 2.49. The van der Waals surface area contributed by atoms with Crippen molar-refractivity contribution < 1.29 is 0 Å². The number of benzene rings is 2. The molecule has 2 N–H and O–H groups in total. The molecule has 1 unspecified atom stereocenters. The molecule has 3 rings (SSSR count). The highest BCUT2D eigenvalue weighted by atomic mass is 14.7. The van der Waals surface area contributed by atoms with E-state index in [1.54, 1.807) is 0 Å². The molecule has 0 aliphatic carbocycles. The number of fused-ring (bicyclic) bond motifs is 1. The van der Waals surface area contributed by atoms with E-state index in [9.17, 15) is 0 Å². The number of hydrogen-bond acceptors (Lipinski definition) is 2. The summed E-state index contributed by atoms with van der Waals surface area (Å²) in [5, 5.41) is 1.15. The van der Waals surface area contributed by atoms with Crippen molar-refractivity contribution in [2.24, 2.45) is 5.73 Å². The quantitative estimate of drug-likeness (QED) is 0.780. The van der Waals surface area contributed by atoms with Gasteiger partial charge < -0.3 is 5.73 Å². The highest BCUT2D eigenvalue weighted by Crippen LogP contribution is 2.24. The van der Waals surface area contributed by atoms with Gasteiger partial charge in [0.15, 0.2) is 0 Å². The molecule has 2 nitrogen and oxygen atoms in total. The molecule has 0 radical (unpaired) electrons. The van der Waals surface area contributed by atoms with E-state index in [0.717, 1.165) is 22.9 Å². The van der Waals surface area contributed by atoms with Crippen LogP contribution in [0.1, 0.15) is 22.7 Å². The van der Waals surface area contributed by atoms with Crippen molar-refractivity contribution >= 4 is 10.9 Å². The number of nitrogens with two attached hydrogens (primary N) is 1. The van der Waals surface area contributed by atoms with Crippen LogP contribution in [-0.4, -0.2) is 4.98 Å². The maximum Gasteiger partial charge on any atom is 0.0705 e. The Morgan fingerprint density at radius 1 is 1.00 bits per heavy atom. The van der Waals surface area contributed by atoms with E-state index in [2.05, 4.69) is 48.3 Å². The first-order valence-electron chi connectivity index (χ1n) is 6.89. The molecule has 0 aliphatic rings. The minimum atomic E-state index is -0.00870. The van der Waals surface area contributed by atoms with Crippen molar-refractivity contribution in [2.45, 2.75) is 19.4 Å². The van der Waals surface area contributed by atoms with Crippen molar-refractivity contribution in [3.8, 4) is 0 Å². The second-order valence-electron chi connectivity index (χ2n) is 5.21. The molecule has 0 bridgehead atoms. The molecule has 1 aromatic heterocycles. The Kier molecular flexibility index (Phi) is 3.48. The maximum atomic E-state index is 6.40. The number of nitrogens with zero attached hydrogens (tertiary/aromatic N) is 1. The van der Waals surface area contributed by atoms with Crippen molar-refractivity contribution in [1.82, 2.24) is 4.98 Å². The molecular formula is C18H18N2. The van der Waals surface area contributed by atoms with Crippen molar-refractivity contribution in [3.63, 3.8) is 0 Å². The van der Waals surface area contributed by atoms with Crippen molar-refractivity contribution in [2.75, 3.05) is 0 Å². The zero-order valence-corrected chi connectivity index (χ0v) is 11.6. The number of aryl methyl sites for hydroxylation is 1. The van der Waals surface area contributed by atoms with E-state index in [1.807, 2.05) is 24.4 Å². The fourth-order valence-electron chi connectivity index (χ4n) is 2.54. The van der Waals surface area contributed by atoms with Gasteiger partial charge in [0.25, 0.3) is 0 Å². The van der Waals surface area contributed by atoms with Gasteiger partial charge in [0.1, 0.15) is 0 Å². The van der Waals surface area contributed by atoms with Crippen LogP contribution in [0.25, 0.3) is 10.9 Å². The van der Waals surface area contributed by atoms with Crippen LogP contribution in [0.5, 0.6) is 0 Å². The summed E-state index contributed by atoms with van der Waals surface area (Å²) in [7, 11) is 0. The third-order valence-electron chi connectivity index (χ3n) is 3.66. The molecule has 0 amide bonds. The van der Waals surface area contributed by atoms with Gasteiger partial charge in [-0.05, 0) is 36.6 Å². The Balaban J connectivity index is 1.92. The Hall–Kier alpha value is -2.19. The summed E-state index contributed by atoms with van der Waals surface area (Å²) in [5.74, 6) is 0. The van der Waals surface area contributed by atoms with Gasteiger partial charge in [-0.15, -0.1) is 0 Å². The fraction of sp³-hybridized carbons (Fsp3) is 0.167. The fourth-order valence-corrected chi connectivity index (χ4v) is 2.54. The number of aromatic nitrogens is 1. The van der Waals surface area contributed by atoms with Crippen molar-refractivity contribution in [3.05, 3.63) is 77.5 Å². The molecule has 1 atom stereocenters. The first-order chi connectivity index (χ1) is 9.74. The van der Waals surface area contributed by atoms with Gasteiger partial charge in [0.05, 0.1) is 5.52 Å². The monoisotopic (exact) mass is 262 g/mol. The predicted molar refractivity (Wildman–Crippen MR) is 83.6 cm³/mol. The number of hydrogen-bond donors (Lipinski definition) is 1. The van der Waals surface area contributed by atoms with Crippen LogP contribution in [0.3, 0.4) is 0 Å². The lowest BCUT2D eigenvalue weighted by Gasteiger charge is -2.14. The molecule has 1 heterocycles. The second kappa shape index (κ2) is 5.43. The zero-order chi connectivity index (χ0) is 13.9. The first kappa shape index (κ1) is 12.8. The second-order valence-corrected chi connectivity index (χ2v) is 5.21. The smallest absolute Gasteiger partial charge is 0.0705 e. The van der Waals surface area contributed by atoms with Gasteiger partial charge in [-0.1, -0.05) is 48.0 Å². The molecule has 3 aromatic rings. The molecule has 0 fully saturated rings. The Labute approximate surface area is 119 Å². The van der Waals surface area contributed by atoms with E-state index in [0.29, 0.717) is 0 Å². The molecule has 0 spiro atoms. The van der Waals surface area contributed by atoms with Gasteiger partial charge in [-0.2, -0.15) is 0 Å². The van der Waals surface area contributed by atoms with E-state index in [-0.39, 0.29) is 6.04 Å². The Morgan fingerprint density at radius 2 is 1.80 bits per heavy atom. The van der Waals surface area contributed by atoms with Gasteiger partial charge in [0.2, 0.25) is 0 Å². The molecular weight excluding hydrogens is 244 g/mol. The van der Waals surface area contributed by atoms with Crippen LogP contribution in [0.4, 0.5) is 0 Å². The summed E-state index contributed by atoms with van der Waals surface area (Å²) in [6, 6.07) is 18.8. The SMILES string of the molecule is Cc1ccc(CC(N)c2cccc3ncccc23)cc1. The van der Waals surface area contributed by atoms with Crippen LogP contribution < -0.4 is 5.73 Å². The third kappa shape index (κ3) is 2.56. The molecule has 2 aromatic carbocycles. The topological polar surface area (TPSA) is 38.9 Å². The summed E-state index contributed by atoms with van der Waals surface area (Å²) in [6.07, 6.45) is 2.66. The van der Waals surface area contributed by atoms with Gasteiger partial charge >= 0.3 is 0 Å². The molecule has 2 heteroatoms. The summed E-state index contributed by atoms with van der Waals surface area (Å²) in [6.45, 7) is 2.10. The molecule has 0 saturated heterocycles. The highest BCUT2D eigenvalue weighted by molar-refractivity contribution is 5.82. The molecule has 0 aliphatic heterocycles. The molecule has 20 heavy (non-hydrogen) atoms. The normalized spacial score (nSPS) is 12.5. The molecule has 0 saturated carbocycles. The Morgan fingerprint density at radius 3 is 2.60 bits per heavy atom. The summed E-state index contributed by atoms with van der Waals surface area (Å²) in [4.78, 5) is 4.39. The Bertz CT molecular complexity index is 712. The van der Waals surface area contributed by atoms with E-state index >= 15 is 0 Å². The first-order valence-corrected chi connectivity index (χ1v) is 6.89. The summed E-state index contributed by atoms with van der Waals surface area (Å²) < 4.78 is 0. The minimum absolute atomic E-state index is 0.00870. The zero-order valence-electron chi connectivity index (χ0n) is 11.6. The molecule has 100 valence electrons. The van der Waals surface area contributed by atoms with Crippen LogP contribution >= 0.6 is 0 Å².